The average Bonchev–Trinajstić information content (AvgIpc) is 2.65. The Kier molecular flexibility index (Phi) is 6.34. The molecule has 27 heavy (non-hydrogen) atoms. The number of sulfone groups is 1. The molecule has 7 heteroatoms. The smallest absolute Gasteiger partial charge is 0.255 e. The van der Waals surface area contributed by atoms with Crippen molar-refractivity contribution >= 4 is 20.6 Å². The minimum absolute atomic E-state index is 0.0165. The van der Waals surface area contributed by atoms with Crippen LogP contribution in [0, 0.1) is 5.92 Å². The minimum atomic E-state index is -3.58. The van der Waals surface area contributed by atoms with E-state index < -0.39 is 15.1 Å². The van der Waals surface area contributed by atoms with Crippen LogP contribution >= 0.6 is 0 Å². The number of nitrogens with two attached hydrogens (primary N) is 1. The summed E-state index contributed by atoms with van der Waals surface area (Å²) in [4.78, 5) is 15.0. The van der Waals surface area contributed by atoms with Crippen LogP contribution in [0.25, 0.3) is 10.8 Å². The first-order valence-electron chi connectivity index (χ1n) is 9.79. The van der Waals surface area contributed by atoms with Gasteiger partial charge < -0.3 is 4.98 Å². The molecule has 2 aromatic rings. The van der Waals surface area contributed by atoms with Gasteiger partial charge in [0.25, 0.3) is 5.56 Å². The first kappa shape index (κ1) is 20.0. The molecule has 2 atom stereocenters. The lowest BCUT2D eigenvalue weighted by atomic mass is 9.92. The van der Waals surface area contributed by atoms with E-state index in [1.54, 1.807) is 29.3 Å². The van der Waals surface area contributed by atoms with Gasteiger partial charge in [-0.15, -0.1) is 0 Å². The van der Waals surface area contributed by atoms with Crippen LogP contribution in [-0.4, -0.2) is 36.8 Å². The molecule has 0 saturated carbocycles. The normalized spacial score (nSPS) is 20.0. The summed E-state index contributed by atoms with van der Waals surface area (Å²) in [5.74, 6) is 6.02. The maximum Gasteiger partial charge on any atom is 0.255 e. The van der Waals surface area contributed by atoms with Crippen molar-refractivity contribution in [3.8, 4) is 0 Å². The predicted molar refractivity (Wildman–Crippen MR) is 108 cm³/mol. The highest BCUT2D eigenvalue weighted by Gasteiger charge is 2.37. The first-order valence-corrected chi connectivity index (χ1v) is 11.3. The van der Waals surface area contributed by atoms with E-state index in [1.807, 2.05) is 0 Å². The van der Waals surface area contributed by atoms with E-state index in [1.165, 1.54) is 6.20 Å². The zero-order valence-corrected chi connectivity index (χ0v) is 16.7. The Morgan fingerprint density at radius 1 is 1.26 bits per heavy atom. The summed E-state index contributed by atoms with van der Waals surface area (Å²) in [6.07, 6.45) is 6.87. The fourth-order valence-corrected chi connectivity index (χ4v) is 6.47. The van der Waals surface area contributed by atoms with Crippen molar-refractivity contribution in [2.24, 2.45) is 11.8 Å². The number of unbranched alkanes of at least 4 members (excludes halogenated alkanes) is 2. The molecular weight excluding hydrogens is 362 g/mol. The van der Waals surface area contributed by atoms with E-state index in [-0.39, 0.29) is 16.4 Å². The number of rotatable bonds is 7. The van der Waals surface area contributed by atoms with Crippen molar-refractivity contribution in [3.63, 3.8) is 0 Å². The number of benzene rings is 1. The van der Waals surface area contributed by atoms with Gasteiger partial charge in [-0.1, -0.05) is 32.3 Å². The Hall–Kier alpha value is -1.70. The molecule has 1 aromatic carbocycles. The van der Waals surface area contributed by atoms with Crippen LogP contribution in [-0.2, 0) is 9.84 Å². The number of H-pyrrole nitrogens is 1. The van der Waals surface area contributed by atoms with Gasteiger partial charge in [0, 0.05) is 30.1 Å². The molecule has 1 saturated heterocycles. The maximum absolute atomic E-state index is 13.7. The number of fused-ring (bicyclic) bond motifs is 1. The minimum Gasteiger partial charge on any atom is -0.329 e. The number of hydrogen-bond donors (Lipinski definition) is 2. The van der Waals surface area contributed by atoms with Gasteiger partial charge >= 0.3 is 0 Å². The SMILES string of the molecule is CCCCCC(C1CCCN(N)C1)S(=O)(=O)c1cccc2c(=O)[nH]ccc12. The van der Waals surface area contributed by atoms with Gasteiger partial charge in [-0.2, -0.15) is 0 Å². The molecule has 2 unspecified atom stereocenters. The van der Waals surface area contributed by atoms with Gasteiger partial charge in [0.15, 0.2) is 9.84 Å². The van der Waals surface area contributed by atoms with Crippen LogP contribution in [0.3, 0.4) is 0 Å². The molecule has 0 amide bonds. The van der Waals surface area contributed by atoms with Crippen LogP contribution in [0.2, 0.25) is 0 Å². The zero-order valence-electron chi connectivity index (χ0n) is 15.9. The van der Waals surface area contributed by atoms with E-state index in [4.69, 9.17) is 5.84 Å². The molecule has 0 radical (unpaired) electrons. The highest BCUT2D eigenvalue weighted by Crippen LogP contribution is 2.33. The van der Waals surface area contributed by atoms with E-state index in [9.17, 15) is 13.2 Å². The van der Waals surface area contributed by atoms with Gasteiger partial charge in [0.2, 0.25) is 0 Å². The second-order valence-corrected chi connectivity index (χ2v) is 9.64. The molecule has 3 rings (SSSR count). The van der Waals surface area contributed by atoms with Gasteiger partial charge in [0.1, 0.15) is 0 Å². The van der Waals surface area contributed by atoms with E-state index in [0.29, 0.717) is 23.7 Å². The fourth-order valence-electron chi connectivity index (χ4n) is 4.19. The summed E-state index contributed by atoms with van der Waals surface area (Å²) >= 11 is 0. The Morgan fingerprint density at radius 3 is 2.81 bits per heavy atom. The number of aromatic nitrogens is 1. The van der Waals surface area contributed by atoms with Crippen molar-refractivity contribution in [1.29, 1.82) is 0 Å². The maximum atomic E-state index is 13.7. The number of pyridine rings is 1. The van der Waals surface area contributed by atoms with Crippen molar-refractivity contribution in [1.82, 2.24) is 9.99 Å². The van der Waals surface area contributed by atoms with Crippen molar-refractivity contribution in [2.45, 2.75) is 55.6 Å². The van der Waals surface area contributed by atoms with E-state index >= 15 is 0 Å². The molecule has 6 nitrogen and oxygen atoms in total. The molecule has 1 aliphatic heterocycles. The summed E-state index contributed by atoms with van der Waals surface area (Å²) in [6, 6.07) is 6.64. The Labute approximate surface area is 160 Å². The van der Waals surface area contributed by atoms with Gasteiger partial charge in [-0.3, -0.25) is 10.6 Å². The number of nitrogens with one attached hydrogen (secondary N) is 1. The Morgan fingerprint density at radius 2 is 2.07 bits per heavy atom. The molecule has 2 heterocycles. The third kappa shape index (κ3) is 4.25. The second kappa shape index (κ2) is 8.54. The highest BCUT2D eigenvalue weighted by molar-refractivity contribution is 7.92. The quantitative estimate of drug-likeness (QED) is 0.559. The molecule has 3 N–H and O–H groups in total. The lowest BCUT2D eigenvalue weighted by Crippen LogP contribution is -2.46. The summed E-state index contributed by atoms with van der Waals surface area (Å²) in [6.45, 7) is 3.52. The van der Waals surface area contributed by atoms with Crippen molar-refractivity contribution < 1.29 is 8.42 Å². The standard InChI is InChI=1S/C20H29N3O3S/c1-2-3-4-9-18(15-7-6-13-23(21)14-15)27(25,26)19-10-5-8-17-16(19)11-12-22-20(17)24/h5,8,10-12,15,18H,2-4,6-7,9,13-14,21H2,1H3,(H,22,24). The summed E-state index contributed by atoms with van der Waals surface area (Å²) < 4.78 is 27.4. The second-order valence-electron chi connectivity index (χ2n) is 7.50. The number of aromatic amines is 1. The third-order valence-electron chi connectivity index (χ3n) is 5.59. The van der Waals surface area contributed by atoms with E-state index in [0.717, 1.165) is 38.6 Å². The molecule has 0 bridgehead atoms. The molecule has 148 valence electrons. The molecular formula is C20H29N3O3S. The fraction of sp³-hybridized carbons (Fsp3) is 0.550. The topological polar surface area (TPSA) is 96.3 Å². The van der Waals surface area contributed by atoms with Crippen molar-refractivity contribution in [2.75, 3.05) is 13.1 Å². The van der Waals surface area contributed by atoms with Crippen LogP contribution in [0.4, 0.5) is 0 Å². The Bertz CT molecular complexity index is 939. The third-order valence-corrected chi connectivity index (χ3v) is 7.97. The molecule has 0 aliphatic carbocycles. The van der Waals surface area contributed by atoms with Crippen LogP contribution in [0.15, 0.2) is 40.2 Å². The predicted octanol–water partition coefficient (Wildman–Crippen LogP) is 2.84. The van der Waals surface area contributed by atoms with Gasteiger partial charge in [-0.05, 0) is 43.4 Å². The molecule has 0 spiro atoms. The molecule has 1 aromatic heterocycles. The first-order chi connectivity index (χ1) is 12.9. The molecule has 1 fully saturated rings. The monoisotopic (exact) mass is 391 g/mol. The Balaban J connectivity index is 2.04. The number of nitrogens with zero attached hydrogens (tertiary/aromatic N) is 1. The van der Waals surface area contributed by atoms with Crippen LogP contribution < -0.4 is 11.4 Å². The largest absolute Gasteiger partial charge is 0.329 e. The van der Waals surface area contributed by atoms with Crippen LogP contribution in [0.5, 0.6) is 0 Å². The van der Waals surface area contributed by atoms with Crippen molar-refractivity contribution in [3.05, 3.63) is 40.8 Å². The summed E-state index contributed by atoms with van der Waals surface area (Å²) in [5, 5.41) is 2.18. The lowest BCUT2D eigenvalue weighted by molar-refractivity contribution is 0.170. The zero-order chi connectivity index (χ0) is 19.4. The highest BCUT2D eigenvalue weighted by atomic mass is 32.2. The summed E-state index contributed by atoms with van der Waals surface area (Å²) in [5.41, 5.74) is -0.266. The van der Waals surface area contributed by atoms with Gasteiger partial charge in [-0.25, -0.2) is 13.4 Å². The number of piperidine rings is 1. The molecule has 1 aliphatic rings. The number of hydrazine groups is 1. The lowest BCUT2D eigenvalue weighted by Gasteiger charge is -2.34. The number of hydrogen-bond acceptors (Lipinski definition) is 5. The average molecular weight is 392 g/mol. The van der Waals surface area contributed by atoms with E-state index in [2.05, 4.69) is 11.9 Å². The summed E-state index contributed by atoms with van der Waals surface area (Å²) in [7, 11) is -3.58. The van der Waals surface area contributed by atoms with Crippen LogP contribution in [0.1, 0.15) is 45.4 Å². The van der Waals surface area contributed by atoms with Gasteiger partial charge in [0.05, 0.1) is 10.1 Å².